The van der Waals surface area contributed by atoms with Gasteiger partial charge >= 0.3 is 0 Å². The van der Waals surface area contributed by atoms with E-state index in [1.807, 2.05) is 18.2 Å². The lowest BCUT2D eigenvalue weighted by Crippen LogP contribution is -2.10. The molecule has 15 heavy (non-hydrogen) atoms. The summed E-state index contributed by atoms with van der Waals surface area (Å²) in [5.41, 5.74) is 2.23. The molecule has 0 aliphatic heterocycles. The molecule has 0 saturated heterocycles. The fourth-order valence-corrected chi connectivity index (χ4v) is 1.67. The highest BCUT2D eigenvalue weighted by atomic mass is 32.1. The maximum Gasteiger partial charge on any atom is 0.214 e. The molecule has 0 unspecified atom stereocenters. The lowest BCUT2D eigenvalue weighted by molar-refractivity contribution is 0.979. The van der Waals surface area contributed by atoms with Crippen molar-refractivity contribution in [1.82, 2.24) is 14.9 Å². The number of aryl methyl sites for hydroxylation is 1. The number of aromatic amines is 1. The van der Waals surface area contributed by atoms with Gasteiger partial charge in [0, 0.05) is 5.56 Å². The Morgan fingerprint density at radius 3 is 2.80 bits per heavy atom. The van der Waals surface area contributed by atoms with Gasteiger partial charge in [0.25, 0.3) is 0 Å². The van der Waals surface area contributed by atoms with Gasteiger partial charge in [0.05, 0.1) is 0 Å². The van der Waals surface area contributed by atoms with E-state index in [0.717, 1.165) is 12.0 Å². The first-order valence-corrected chi connectivity index (χ1v) is 5.15. The lowest BCUT2D eigenvalue weighted by atomic mass is 10.1. The van der Waals surface area contributed by atoms with Crippen molar-refractivity contribution in [3.63, 3.8) is 0 Å². The van der Waals surface area contributed by atoms with E-state index in [-0.39, 0.29) is 0 Å². The molecule has 2 aromatic rings. The van der Waals surface area contributed by atoms with Gasteiger partial charge in [0.15, 0.2) is 5.82 Å². The molecule has 0 saturated carbocycles. The Morgan fingerprint density at radius 1 is 1.47 bits per heavy atom. The number of nitrogen functional groups attached to an aromatic ring is 1. The molecule has 0 spiro atoms. The summed E-state index contributed by atoms with van der Waals surface area (Å²) in [6, 6.07) is 8.02. The largest absolute Gasteiger partial charge is 0.335 e. The fourth-order valence-electron chi connectivity index (χ4n) is 1.54. The number of hydrogen-bond donors (Lipinski definition) is 2. The van der Waals surface area contributed by atoms with Crippen LogP contribution < -0.4 is 5.84 Å². The summed E-state index contributed by atoms with van der Waals surface area (Å²) in [6.07, 6.45) is 0.940. The van der Waals surface area contributed by atoms with E-state index in [9.17, 15) is 0 Å². The Kier molecular flexibility index (Phi) is 2.55. The van der Waals surface area contributed by atoms with E-state index in [2.05, 4.69) is 23.2 Å². The number of benzene rings is 1. The van der Waals surface area contributed by atoms with Crippen LogP contribution in [0.2, 0.25) is 0 Å². The second kappa shape index (κ2) is 3.86. The second-order valence-electron chi connectivity index (χ2n) is 3.23. The predicted molar refractivity (Wildman–Crippen MR) is 62.4 cm³/mol. The lowest BCUT2D eigenvalue weighted by Gasteiger charge is -2.05. The standard InChI is InChI=1S/C10H12N4S/c1-2-7-5-3-4-6-8(7)9-12-13-10(15)14(9)11/h3-6H,2,11H2,1H3,(H,13,15). The minimum atomic E-state index is 0.427. The molecule has 0 bridgehead atoms. The van der Waals surface area contributed by atoms with Gasteiger partial charge in [-0.3, -0.25) is 0 Å². The zero-order valence-electron chi connectivity index (χ0n) is 8.40. The van der Waals surface area contributed by atoms with E-state index >= 15 is 0 Å². The summed E-state index contributed by atoms with van der Waals surface area (Å²) < 4.78 is 1.82. The van der Waals surface area contributed by atoms with Gasteiger partial charge in [-0.1, -0.05) is 31.2 Å². The normalized spacial score (nSPS) is 10.5. The topological polar surface area (TPSA) is 59.6 Å². The van der Waals surface area contributed by atoms with E-state index < -0.39 is 0 Å². The summed E-state index contributed by atoms with van der Waals surface area (Å²) in [5, 5.41) is 6.79. The molecule has 0 aliphatic rings. The number of H-pyrrole nitrogens is 1. The summed E-state index contributed by atoms with van der Waals surface area (Å²) in [6.45, 7) is 2.10. The SMILES string of the molecule is CCc1ccccc1-c1n[nH]c(=S)n1N. The van der Waals surface area contributed by atoms with Crippen LogP contribution in [-0.2, 0) is 6.42 Å². The predicted octanol–water partition coefficient (Wildman–Crippen LogP) is 1.88. The van der Waals surface area contributed by atoms with Gasteiger partial charge in [-0.25, -0.2) is 9.77 Å². The van der Waals surface area contributed by atoms with Crippen molar-refractivity contribution in [1.29, 1.82) is 0 Å². The van der Waals surface area contributed by atoms with E-state index in [1.165, 1.54) is 10.2 Å². The van der Waals surface area contributed by atoms with Crippen LogP contribution >= 0.6 is 12.2 Å². The zero-order valence-corrected chi connectivity index (χ0v) is 9.21. The summed E-state index contributed by atoms with van der Waals surface area (Å²) in [5.74, 6) is 6.46. The first-order chi connectivity index (χ1) is 7.24. The maximum absolute atomic E-state index is 5.78. The van der Waals surface area contributed by atoms with Crippen LogP contribution in [0.15, 0.2) is 24.3 Å². The van der Waals surface area contributed by atoms with Gasteiger partial charge < -0.3 is 5.84 Å². The maximum atomic E-state index is 5.78. The van der Waals surface area contributed by atoms with Crippen LogP contribution in [0, 0.1) is 4.77 Å². The Hall–Kier alpha value is -1.62. The van der Waals surface area contributed by atoms with Gasteiger partial charge in [-0.15, -0.1) is 0 Å². The van der Waals surface area contributed by atoms with Gasteiger partial charge in [-0.05, 0) is 24.2 Å². The molecular weight excluding hydrogens is 208 g/mol. The van der Waals surface area contributed by atoms with E-state index in [1.54, 1.807) is 0 Å². The zero-order chi connectivity index (χ0) is 10.8. The van der Waals surface area contributed by atoms with Crippen molar-refractivity contribution in [2.24, 2.45) is 0 Å². The van der Waals surface area contributed by atoms with Crippen LogP contribution in [0.25, 0.3) is 11.4 Å². The van der Waals surface area contributed by atoms with Crippen LogP contribution in [0.3, 0.4) is 0 Å². The molecule has 1 aromatic carbocycles. The molecule has 0 radical (unpaired) electrons. The number of nitrogens with zero attached hydrogens (tertiary/aromatic N) is 2. The Labute approximate surface area is 92.7 Å². The Bertz CT molecular complexity index is 526. The minimum absolute atomic E-state index is 0.427. The molecule has 78 valence electrons. The third kappa shape index (κ3) is 1.66. The van der Waals surface area contributed by atoms with Gasteiger partial charge in [-0.2, -0.15) is 5.10 Å². The van der Waals surface area contributed by atoms with Crippen molar-refractivity contribution >= 4 is 12.2 Å². The molecule has 3 N–H and O–H groups in total. The molecule has 0 atom stereocenters. The summed E-state index contributed by atoms with van der Waals surface area (Å²) in [4.78, 5) is 0. The van der Waals surface area contributed by atoms with Crippen LogP contribution in [0.4, 0.5) is 0 Å². The molecule has 1 aromatic heterocycles. The first-order valence-electron chi connectivity index (χ1n) is 4.74. The number of nitrogens with two attached hydrogens (primary N) is 1. The third-order valence-corrected chi connectivity index (χ3v) is 2.63. The van der Waals surface area contributed by atoms with Crippen molar-refractivity contribution in [2.45, 2.75) is 13.3 Å². The van der Waals surface area contributed by atoms with Crippen molar-refractivity contribution < 1.29 is 0 Å². The van der Waals surface area contributed by atoms with Crippen LogP contribution in [-0.4, -0.2) is 14.9 Å². The molecule has 5 heteroatoms. The fraction of sp³-hybridized carbons (Fsp3) is 0.200. The average Bonchev–Trinajstić information content (AvgIpc) is 2.60. The first kappa shape index (κ1) is 9.92. The monoisotopic (exact) mass is 220 g/mol. The highest BCUT2D eigenvalue weighted by Gasteiger charge is 2.09. The average molecular weight is 220 g/mol. The van der Waals surface area contributed by atoms with Crippen molar-refractivity contribution in [2.75, 3.05) is 5.84 Å². The number of rotatable bonds is 2. The number of aromatic nitrogens is 3. The Balaban J connectivity index is 2.63. The molecular formula is C10H12N4S. The second-order valence-corrected chi connectivity index (χ2v) is 3.62. The van der Waals surface area contributed by atoms with E-state index in [0.29, 0.717) is 10.6 Å². The molecule has 2 rings (SSSR count). The molecule has 0 aliphatic carbocycles. The van der Waals surface area contributed by atoms with Crippen molar-refractivity contribution in [3.8, 4) is 11.4 Å². The molecule has 1 heterocycles. The molecule has 0 amide bonds. The quantitative estimate of drug-likeness (QED) is 0.600. The van der Waals surface area contributed by atoms with Gasteiger partial charge in [0.2, 0.25) is 4.77 Å². The van der Waals surface area contributed by atoms with Gasteiger partial charge in [0.1, 0.15) is 0 Å². The highest BCUT2D eigenvalue weighted by Crippen LogP contribution is 2.20. The van der Waals surface area contributed by atoms with E-state index in [4.69, 9.17) is 18.1 Å². The molecule has 4 nitrogen and oxygen atoms in total. The summed E-state index contributed by atoms with van der Waals surface area (Å²) in [7, 11) is 0. The van der Waals surface area contributed by atoms with Crippen LogP contribution in [0.1, 0.15) is 12.5 Å². The number of hydrogen-bond acceptors (Lipinski definition) is 3. The smallest absolute Gasteiger partial charge is 0.214 e. The van der Waals surface area contributed by atoms with Crippen molar-refractivity contribution in [3.05, 3.63) is 34.6 Å². The minimum Gasteiger partial charge on any atom is -0.335 e. The van der Waals surface area contributed by atoms with Crippen LogP contribution in [0.5, 0.6) is 0 Å². The summed E-state index contributed by atoms with van der Waals surface area (Å²) >= 11 is 4.97. The third-order valence-electron chi connectivity index (χ3n) is 2.34. The number of nitrogens with one attached hydrogen (secondary N) is 1. The Morgan fingerprint density at radius 2 is 2.20 bits per heavy atom. The highest BCUT2D eigenvalue weighted by molar-refractivity contribution is 7.71. The molecule has 0 fully saturated rings.